The molecule has 21 heavy (non-hydrogen) atoms. The van der Waals surface area contributed by atoms with Gasteiger partial charge in [-0.2, -0.15) is 0 Å². The molecule has 0 spiro atoms. The predicted octanol–water partition coefficient (Wildman–Crippen LogP) is 3.79. The van der Waals surface area contributed by atoms with Crippen LogP contribution in [0.15, 0.2) is 54.6 Å². The van der Waals surface area contributed by atoms with Crippen molar-refractivity contribution < 1.29 is 9.53 Å². The molecule has 2 aromatic carbocycles. The number of ether oxygens (including phenoxy) is 1. The molecule has 0 saturated heterocycles. The maximum Gasteiger partial charge on any atom is 0.251 e. The fourth-order valence-electron chi connectivity index (χ4n) is 1.95. The lowest BCUT2D eigenvalue weighted by atomic mass is 10.1. The fourth-order valence-corrected chi connectivity index (χ4v) is 1.95. The first kappa shape index (κ1) is 15.1. The number of hydrogen-bond donors (Lipinski definition) is 1. The largest absolute Gasteiger partial charge is 0.489 e. The van der Waals surface area contributed by atoms with Gasteiger partial charge in [-0.1, -0.05) is 43.3 Å². The Kier molecular flexibility index (Phi) is 5.38. The lowest BCUT2D eigenvalue weighted by Crippen LogP contribution is -2.32. The summed E-state index contributed by atoms with van der Waals surface area (Å²) in [5, 5.41) is 2.99. The molecule has 1 unspecified atom stereocenters. The van der Waals surface area contributed by atoms with Crippen molar-refractivity contribution in [1.82, 2.24) is 5.32 Å². The van der Waals surface area contributed by atoms with E-state index in [0.717, 1.165) is 17.7 Å². The zero-order valence-corrected chi connectivity index (χ0v) is 12.5. The lowest BCUT2D eigenvalue weighted by Gasteiger charge is -2.14. The number of hydrogen-bond acceptors (Lipinski definition) is 2. The Balaban J connectivity index is 2.08. The molecule has 110 valence electrons. The van der Waals surface area contributed by atoms with Crippen LogP contribution in [0.2, 0.25) is 0 Å². The molecule has 0 radical (unpaired) electrons. The van der Waals surface area contributed by atoms with E-state index < -0.39 is 0 Å². The van der Waals surface area contributed by atoms with Crippen LogP contribution in [0.1, 0.15) is 36.2 Å². The Labute approximate surface area is 126 Å². The third-order valence-corrected chi connectivity index (χ3v) is 3.39. The van der Waals surface area contributed by atoms with Crippen molar-refractivity contribution >= 4 is 5.91 Å². The molecule has 3 nitrogen and oxygen atoms in total. The second-order valence-electron chi connectivity index (χ2n) is 5.04. The van der Waals surface area contributed by atoms with Gasteiger partial charge in [-0.3, -0.25) is 4.79 Å². The average molecular weight is 283 g/mol. The van der Waals surface area contributed by atoms with Crippen LogP contribution in [0, 0.1) is 0 Å². The van der Waals surface area contributed by atoms with Crippen molar-refractivity contribution in [3.63, 3.8) is 0 Å². The van der Waals surface area contributed by atoms with Gasteiger partial charge < -0.3 is 10.1 Å². The summed E-state index contributed by atoms with van der Waals surface area (Å²) in [6.07, 6.45) is 0.911. The Morgan fingerprint density at radius 3 is 2.48 bits per heavy atom. The maximum atomic E-state index is 12.3. The molecule has 2 rings (SSSR count). The molecule has 0 aromatic heterocycles. The number of rotatable bonds is 6. The summed E-state index contributed by atoms with van der Waals surface area (Å²) in [6, 6.07) is 17.3. The Bertz CT molecular complexity index is 581. The van der Waals surface area contributed by atoms with Gasteiger partial charge in [-0.15, -0.1) is 0 Å². The quantitative estimate of drug-likeness (QED) is 0.876. The van der Waals surface area contributed by atoms with E-state index in [1.807, 2.05) is 61.5 Å². The fraction of sp³-hybridized carbons (Fsp3) is 0.278. The molecule has 0 bridgehead atoms. The molecule has 3 heteroatoms. The maximum absolute atomic E-state index is 12.3. The topological polar surface area (TPSA) is 38.3 Å². The first-order chi connectivity index (χ1) is 10.2. The first-order valence-corrected chi connectivity index (χ1v) is 7.27. The van der Waals surface area contributed by atoms with E-state index in [9.17, 15) is 4.79 Å². The summed E-state index contributed by atoms with van der Waals surface area (Å²) in [5.41, 5.74) is 1.57. The van der Waals surface area contributed by atoms with E-state index in [1.54, 1.807) is 0 Å². The van der Waals surface area contributed by atoms with E-state index in [1.165, 1.54) is 0 Å². The van der Waals surface area contributed by atoms with Gasteiger partial charge in [0.15, 0.2) is 0 Å². The number of amides is 1. The van der Waals surface area contributed by atoms with Crippen molar-refractivity contribution in [3.8, 4) is 5.75 Å². The monoisotopic (exact) mass is 283 g/mol. The Hall–Kier alpha value is -2.29. The summed E-state index contributed by atoms with van der Waals surface area (Å²) in [5.74, 6) is 0.756. The van der Waals surface area contributed by atoms with Gasteiger partial charge in [0, 0.05) is 17.2 Å². The van der Waals surface area contributed by atoms with Gasteiger partial charge in [-0.25, -0.2) is 0 Å². The Morgan fingerprint density at radius 1 is 1.10 bits per heavy atom. The minimum atomic E-state index is -0.0448. The summed E-state index contributed by atoms with van der Waals surface area (Å²) in [6.45, 7) is 4.43. The van der Waals surface area contributed by atoms with Crippen LogP contribution in [0.5, 0.6) is 5.75 Å². The van der Waals surface area contributed by atoms with Crippen molar-refractivity contribution in [2.24, 2.45) is 0 Å². The summed E-state index contributed by atoms with van der Waals surface area (Å²) < 4.78 is 5.73. The van der Waals surface area contributed by atoms with Crippen molar-refractivity contribution in [3.05, 3.63) is 65.7 Å². The molecule has 1 N–H and O–H groups in total. The first-order valence-electron chi connectivity index (χ1n) is 7.27. The molecular weight excluding hydrogens is 262 g/mol. The molecule has 0 saturated carbocycles. The predicted molar refractivity (Wildman–Crippen MR) is 84.4 cm³/mol. The molecule has 0 heterocycles. The van der Waals surface area contributed by atoms with E-state index in [0.29, 0.717) is 12.2 Å². The molecule has 0 aliphatic heterocycles. The standard InChI is InChI=1S/C18H21NO2/c1-3-14(2)19-18(20)17-12-8-7-9-15(17)13-21-16-10-5-4-6-11-16/h4-12,14H,3,13H2,1-2H3,(H,19,20). The number of carbonyl (C=O) groups excluding carboxylic acids is 1. The average Bonchev–Trinajstić information content (AvgIpc) is 2.54. The second-order valence-corrected chi connectivity index (χ2v) is 5.04. The lowest BCUT2D eigenvalue weighted by molar-refractivity contribution is 0.0936. The molecule has 0 aliphatic rings. The van der Waals surface area contributed by atoms with Gasteiger partial charge in [0.1, 0.15) is 12.4 Å². The minimum Gasteiger partial charge on any atom is -0.489 e. The zero-order valence-electron chi connectivity index (χ0n) is 12.5. The summed E-state index contributed by atoms with van der Waals surface area (Å²) in [4.78, 5) is 12.3. The number of carbonyl (C=O) groups is 1. The summed E-state index contributed by atoms with van der Waals surface area (Å²) >= 11 is 0. The van der Waals surface area contributed by atoms with E-state index in [-0.39, 0.29) is 11.9 Å². The highest BCUT2D eigenvalue weighted by atomic mass is 16.5. The highest BCUT2D eigenvalue weighted by molar-refractivity contribution is 5.95. The van der Waals surface area contributed by atoms with E-state index in [4.69, 9.17) is 4.74 Å². The highest BCUT2D eigenvalue weighted by Crippen LogP contribution is 2.15. The third-order valence-electron chi connectivity index (χ3n) is 3.39. The normalized spacial score (nSPS) is 11.7. The third kappa shape index (κ3) is 4.35. The molecule has 2 aromatic rings. The highest BCUT2D eigenvalue weighted by Gasteiger charge is 2.12. The van der Waals surface area contributed by atoms with Gasteiger partial charge in [0.2, 0.25) is 0 Å². The Morgan fingerprint density at radius 2 is 1.76 bits per heavy atom. The van der Waals surface area contributed by atoms with Crippen LogP contribution in [0.3, 0.4) is 0 Å². The van der Waals surface area contributed by atoms with E-state index in [2.05, 4.69) is 12.2 Å². The molecular formula is C18H21NO2. The molecule has 1 amide bonds. The van der Waals surface area contributed by atoms with Crippen LogP contribution in [0.4, 0.5) is 0 Å². The van der Waals surface area contributed by atoms with Crippen molar-refractivity contribution in [2.75, 3.05) is 0 Å². The molecule has 0 fully saturated rings. The van der Waals surface area contributed by atoms with Crippen molar-refractivity contribution in [2.45, 2.75) is 32.9 Å². The second kappa shape index (κ2) is 7.48. The van der Waals surface area contributed by atoms with Crippen LogP contribution in [-0.2, 0) is 6.61 Å². The molecule has 1 atom stereocenters. The van der Waals surface area contributed by atoms with E-state index >= 15 is 0 Å². The van der Waals surface area contributed by atoms with Crippen LogP contribution in [-0.4, -0.2) is 11.9 Å². The number of para-hydroxylation sites is 1. The van der Waals surface area contributed by atoms with Gasteiger partial charge >= 0.3 is 0 Å². The number of benzene rings is 2. The minimum absolute atomic E-state index is 0.0448. The van der Waals surface area contributed by atoms with Gasteiger partial charge in [-0.05, 0) is 31.5 Å². The van der Waals surface area contributed by atoms with Crippen LogP contribution < -0.4 is 10.1 Å². The SMILES string of the molecule is CCC(C)NC(=O)c1ccccc1COc1ccccc1. The number of nitrogens with one attached hydrogen (secondary N) is 1. The van der Waals surface area contributed by atoms with Gasteiger partial charge in [0.05, 0.1) is 0 Å². The van der Waals surface area contributed by atoms with Crippen LogP contribution in [0.25, 0.3) is 0 Å². The smallest absolute Gasteiger partial charge is 0.251 e. The van der Waals surface area contributed by atoms with Gasteiger partial charge in [0.25, 0.3) is 5.91 Å². The van der Waals surface area contributed by atoms with Crippen molar-refractivity contribution in [1.29, 1.82) is 0 Å². The van der Waals surface area contributed by atoms with Crippen LogP contribution >= 0.6 is 0 Å². The molecule has 0 aliphatic carbocycles. The zero-order chi connectivity index (χ0) is 15.1. The summed E-state index contributed by atoms with van der Waals surface area (Å²) in [7, 11) is 0.